The number of hydrogen-bond donors (Lipinski definition) is 2. The molecule has 7 heteroatoms. The van der Waals surface area contributed by atoms with Crippen LogP contribution in [0.3, 0.4) is 0 Å². The molecule has 2 N–H and O–H groups in total. The fourth-order valence-electron chi connectivity index (χ4n) is 4.70. The molecule has 0 aliphatic heterocycles. The van der Waals surface area contributed by atoms with Crippen molar-refractivity contribution in [1.82, 2.24) is 10.6 Å². The topological polar surface area (TPSA) is 95.1 Å². The summed E-state index contributed by atoms with van der Waals surface area (Å²) in [7, 11) is 0. The number of carbonyl (C=O) groups excluding carboxylic acids is 2. The molecule has 0 radical (unpaired) electrons. The van der Waals surface area contributed by atoms with Crippen molar-refractivity contribution in [3.63, 3.8) is 0 Å². The van der Waals surface area contributed by atoms with Crippen molar-refractivity contribution < 1.29 is 14.0 Å². The van der Waals surface area contributed by atoms with Crippen LogP contribution in [0.25, 0.3) is 22.1 Å². The first-order valence-electron chi connectivity index (χ1n) is 11.7. The number of furan rings is 1. The van der Waals surface area contributed by atoms with Gasteiger partial charge in [0.2, 0.25) is 5.91 Å². The number of benzene rings is 2. The van der Waals surface area contributed by atoms with Crippen LogP contribution in [0.5, 0.6) is 0 Å². The quantitative estimate of drug-likeness (QED) is 0.466. The maximum absolute atomic E-state index is 13.2. The molecule has 2 aromatic carbocycles. The SMILES string of the molecule is CSc1cccc(-c2ccc3cc(C(=O)NC4(C(=O)NC5(C#N)CC5)CCCCC4)oc3c2)c1. The van der Waals surface area contributed by atoms with E-state index in [1.165, 1.54) is 4.90 Å². The van der Waals surface area contributed by atoms with Gasteiger partial charge in [0.05, 0.1) is 6.07 Å². The van der Waals surface area contributed by atoms with Crippen molar-refractivity contribution in [1.29, 1.82) is 5.26 Å². The number of fused-ring (bicyclic) bond motifs is 1. The maximum Gasteiger partial charge on any atom is 0.287 e. The Morgan fingerprint density at radius 1 is 0.971 bits per heavy atom. The molecule has 0 spiro atoms. The predicted octanol–water partition coefficient (Wildman–Crippen LogP) is 5.43. The van der Waals surface area contributed by atoms with Gasteiger partial charge in [0.1, 0.15) is 16.7 Å². The van der Waals surface area contributed by atoms with Crippen LogP contribution in [0.4, 0.5) is 0 Å². The van der Waals surface area contributed by atoms with Gasteiger partial charge in [-0.05, 0) is 67.3 Å². The van der Waals surface area contributed by atoms with E-state index in [4.69, 9.17) is 4.42 Å². The second-order valence-corrected chi connectivity index (χ2v) is 10.2. The first-order valence-corrected chi connectivity index (χ1v) is 12.9. The highest BCUT2D eigenvalue weighted by Crippen LogP contribution is 2.37. The van der Waals surface area contributed by atoms with Gasteiger partial charge in [0.15, 0.2) is 5.76 Å². The standard InChI is InChI=1S/C27H27N3O3S/c1-34-21-7-5-6-18(14-21)19-8-9-20-16-23(33-22(20)15-19)24(31)29-27(10-3-2-4-11-27)25(32)30-26(17-28)12-13-26/h5-9,14-16H,2-4,10-13H2,1H3,(H,29,31)(H,30,32). The molecule has 1 aromatic heterocycles. The lowest BCUT2D eigenvalue weighted by Crippen LogP contribution is -2.61. The monoisotopic (exact) mass is 473 g/mol. The van der Waals surface area contributed by atoms with Gasteiger partial charge in [0.25, 0.3) is 5.91 Å². The van der Waals surface area contributed by atoms with E-state index in [0.717, 1.165) is 35.8 Å². The lowest BCUT2D eigenvalue weighted by Gasteiger charge is -2.37. The molecule has 0 saturated heterocycles. The summed E-state index contributed by atoms with van der Waals surface area (Å²) in [6, 6.07) is 18.1. The van der Waals surface area contributed by atoms with E-state index in [1.54, 1.807) is 17.8 Å². The van der Waals surface area contributed by atoms with E-state index >= 15 is 0 Å². The number of nitrogens with one attached hydrogen (secondary N) is 2. The summed E-state index contributed by atoms with van der Waals surface area (Å²) in [6.45, 7) is 0. The normalized spacial score (nSPS) is 18.1. The Morgan fingerprint density at radius 3 is 2.44 bits per heavy atom. The summed E-state index contributed by atoms with van der Waals surface area (Å²) in [5.41, 5.74) is 0.945. The van der Waals surface area contributed by atoms with Crippen LogP contribution in [0.1, 0.15) is 55.5 Å². The number of carbonyl (C=O) groups is 2. The summed E-state index contributed by atoms with van der Waals surface area (Å²) >= 11 is 1.69. The second kappa shape index (κ2) is 8.84. The van der Waals surface area contributed by atoms with Crippen molar-refractivity contribution in [3.05, 3.63) is 54.3 Å². The van der Waals surface area contributed by atoms with Crippen LogP contribution in [-0.2, 0) is 4.79 Å². The molecule has 5 rings (SSSR count). The highest BCUT2D eigenvalue weighted by atomic mass is 32.2. The molecule has 2 fully saturated rings. The molecule has 174 valence electrons. The van der Waals surface area contributed by atoms with E-state index in [2.05, 4.69) is 34.9 Å². The third-order valence-corrected chi connectivity index (χ3v) is 7.68. The van der Waals surface area contributed by atoms with Crippen LogP contribution in [0.15, 0.2) is 57.8 Å². The lowest BCUT2D eigenvalue weighted by atomic mass is 9.80. The summed E-state index contributed by atoms with van der Waals surface area (Å²) in [5, 5.41) is 16.1. The van der Waals surface area contributed by atoms with Gasteiger partial charge in [-0.1, -0.05) is 43.5 Å². The number of nitrogens with zero attached hydrogens (tertiary/aromatic N) is 1. The van der Waals surface area contributed by atoms with E-state index in [0.29, 0.717) is 31.3 Å². The van der Waals surface area contributed by atoms with E-state index in [1.807, 2.05) is 30.5 Å². The van der Waals surface area contributed by atoms with E-state index in [9.17, 15) is 14.9 Å². The Bertz CT molecular complexity index is 1300. The van der Waals surface area contributed by atoms with Crippen LogP contribution in [0.2, 0.25) is 0 Å². The average Bonchev–Trinajstić information content (AvgIpc) is 3.51. The first kappa shape index (κ1) is 22.5. The molecule has 1 heterocycles. The summed E-state index contributed by atoms with van der Waals surface area (Å²) in [4.78, 5) is 27.6. The minimum absolute atomic E-state index is 0.184. The van der Waals surface area contributed by atoms with Gasteiger partial charge in [-0.25, -0.2) is 0 Å². The summed E-state index contributed by atoms with van der Waals surface area (Å²) in [6.07, 6.45) is 7.21. The average molecular weight is 474 g/mol. The zero-order valence-electron chi connectivity index (χ0n) is 19.1. The second-order valence-electron chi connectivity index (χ2n) is 9.34. The molecular formula is C27H27N3O3S. The molecule has 2 aliphatic carbocycles. The minimum Gasteiger partial charge on any atom is -0.451 e. The maximum atomic E-state index is 13.2. The van der Waals surface area contributed by atoms with Crippen LogP contribution in [0, 0.1) is 11.3 Å². The number of hydrogen-bond acceptors (Lipinski definition) is 5. The number of amides is 2. The zero-order valence-corrected chi connectivity index (χ0v) is 20.0. The molecule has 2 aliphatic rings. The third-order valence-electron chi connectivity index (χ3n) is 6.96. The van der Waals surface area contributed by atoms with Crippen LogP contribution < -0.4 is 10.6 Å². The number of nitriles is 1. The van der Waals surface area contributed by atoms with Crippen molar-refractivity contribution >= 4 is 34.5 Å². The molecule has 2 amide bonds. The van der Waals surface area contributed by atoms with Crippen molar-refractivity contribution in [2.45, 2.75) is 60.9 Å². The van der Waals surface area contributed by atoms with Gasteiger partial charge in [-0.3, -0.25) is 9.59 Å². The fourth-order valence-corrected chi connectivity index (χ4v) is 5.15. The largest absolute Gasteiger partial charge is 0.451 e. The Hall–Kier alpha value is -3.24. The molecule has 0 bridgehead atoms. The highest BCUT2D eigenvalue weighted by Gasteiger charge is 2.50. The molecule has 34 heavy (non-hydrogen) atoms. The Balaban J connectivity index is 1.39. The predicted molar refractivity (Wildman–Crippen MR) is 132 cm³/mol. The smallest absolute Gasteiger partial charge is 0.287 e. The molecule has 0 atom stereocenters. The molecular weight excluding hydrogens is 446 g/mol. The van der Waals surface area contributed by atoms with Crippen LogP contribution >= 0.6 is 11.8 Å². The van der Waals surface area contributed by atoms with Crippen molar-refractivity contribution in [2.24, 2.45) is 0 Å². The van der Waals surface area contributed by atoms with Gasteiger partial charge in [-0.2, -0.15) is 5.26 Å². The number of rotatable bonds is 6. The number of thioether (sulfide) groups is 1. The first-order chi connectivity index (χ1) is 16.5. The third kappa shape index (κ3) is 4.30. The molecule has 6 nitrogen and oxygen atoms in total. The van der Waals surface area contributed by atoms with Gasteiger partial charge in [-0.15, -0.1) is 11.8 Å². The Morgan fingerprint density at radius 2 is 1.74 bits per heavy atom. The highest BCUT2D eigenvalue weighted by molar-refractivity contribution is 7.98. The summed E-state index contributed by atoms with van der Waals surface area (Å²) in [5.74, 6) is -0.475. The van der Waals surface area contributed by atoms with E-state index in [-0.39, 0.29) is 11.7 Å². The Kier molecular flexibility index (Phi) is 5.86. The fraction of sp³-hybridized carbons (Fsp3) is 0.370. The molecule has 2 saturated carbocycles. The molecule has 0 unspecified atom stereocenters. The van der Waals surface area contributed by atoms with Crippen molar-refractivity contribution in [3.8, 4) is 17.2 Å². The Labute approximate surface area is 203 Å². The lowest BCUT2D eigenvalue weighted by molar-refractivity contribution is -0.129. The van der Waals surface area contributed by atoms with E-state index < -0.39 is 17.0 Å². The van der Waals surface area contributed by atoms with Gasteiger partial charge >= 0.3 is 0 Å². The van der Waals surface area contributed by atoms with Gasteiger partial charge < -0.3 is 15.1 Å². The molecule has 3 aromatic rings. The minimum atomic E-state index is -1.01. The van der Waals surface area contributed by atoms with Gasteiger partial charge in [0, 0.05) is 10.3 Å². The summed E-state index contributed by atoms with van der Waals surface area (Å²) < 4.78 is 5.95. The van der Waals surface area contributed by atoms with Crippen LogP contribution in [-0.4, -0.2) is 29.1 Å². The van der Waals surface area contributed by atoms with Crippen molar-refractivity contribution in [2.75, 3.05) is 6.26 Å². The zero-order chi connectivity index (χ0) is 23.8.